The minimum absolute atomic E-state index is 0.00611. The molecule has 8 rings (SSSR count). The fourth-order valence-electron chi connectivity index (χ4n) is 10.6. The van der Waals surface area contributed by atoms with Gasteiger partial charge in [-0.2, -0.15) is 0 Å². The number of allylic oxidation sites excluding steroid dienone is 4. The van der Waals surface area contributed by atoms with Crippen molar-refractivity contribution in [2.24, 2.45) is 23.2 Å². The molecule has 0 aromatic heterocycles. The Hall–Kier alpha value is -2.31. The smallest absolute Gasteiger partial charge is 0.263 e. The number of ether oxygens (including phenoxy) is 2. The van der Waals surface area contributed by atoms with Crippen LogP contribution in [0.15, 0.2) is 53.6 Å². The highest BCUT2D eigenvalue weighted by Gasteiger charge is 2.51. The summed E-state index contributed by atoms with van der Waals surface area (Å²) in [5, 5.41) is -0.280. The third-order valence-electron chi connectivity index (χ3n) is 14.1. The minimum atomic E-state index is -2.62. The van der Waals surface area contributed by atoms with E-state index in [4.69, 9.17) is 21.1 Å². The van der Waals surface area contributed by atoms with E-state index >= 15 is 0 Å². The molecule has 7 unspecified atom stereocenters. The average Bonchev–Trinajstić information content (AvgIpc) is 3.28. The van der Waals surface area contributed by atoms with Gasteiger partial charge in [0.15, 0.2) is 0 Å². The van der Waals surface area contributed by atoms with Crippen LogP contribution in [0, 0.1) is 23.2 Å². The molecule has 1 N–H and O–H groups in total. The summed E-state index contributed by atoms with van der Waals surface area (Å²) in [6.45, 7) is 9.35. The number of carbonyl (C=O) groups is 1. The van der Waals surface area contributed by atoms with E-state index in [0.717, 1.165) is 76.1 Å². The maximum atomic E-state index is 14.6. The highest BCUT2D eigenvalue weighted by molar-refractivity contribution is 7.84. The van der Waals surface area contributed by atoms with E-state index in [1.807, 2.05) is 26.2 Å². The van der Waals surface area contributed by atoms with Gasteiger partial charge in [0, 0.05) is 82.8 Å². The minimum Gasteiger partial charge on any atom is -0.490 e. The number of methoxy groups -OCH3 is 1. The number of halogens is 3. The number of anilines is 1. The first kappa shape index (κ1) is 38.6. The van der Waals surface area contributed by atoms with Crippen LogP contribution in [0.4, 0.5) is 14.5 Å². The quantitative estimate of drug-likeness (QED) is 0.259. The maximum absolute atomic E-state index is 14.6. The Labute approximate surface area is 327 Å². The van der Waals surface area contributed by atoms with Gasteiger partial charge in [-0.15, -0.1) is 11.6 Å². The third-order valence-corrected chi connectivity index (χ3v) is 16.0. The predicted molar refractivity (Wildman–Crippen MR) is 211 cm³/mol. The molecule has 12 heteroatoms. The molecule has 8 nitrogen and oxygen atoms in total. The van der Waals surface area contributed by atoms with Crippen molar-refractivity contribution in [2.75, 3.05) is 64.4 Å². The molecule has 4 heterocycles. The van der Waals surface area contributed by atoms with Crippen molar-refractivity contribution in [3.05, 3.63) is 59.2 Å². The molecule has 4 aliphatic heterocycles. The van der Waals surface area contributed by atoms with Crippen molar-refractivity contribution in [3.63, 3.8) is 0 Å². The van der Waals surface area contributed by atoms with E-state index < -0.39 is 22.5 Å². The zero-order chi connectivity index (χ0) is 37.8. The summed E-state index contributed by atoms with van der Waals surface area (Å²) in [4.78, 5) is 20.7. The van der Waals surface area contributed by atoms with E-state index in [2.05, 4.69) is 50.6 Å². The number of hydrogen-bond donors (Lipinski definition) is 1. The number of carbonyl (C=O) groups excluding carboxylic acids is 1. The second-order valence-corrected chi connectivity index (χ2v) is 19.6. The van der Waals surface area contributed by atoms with Gasteiger partial charge in [-0.25, -0.2) is 13.0 Å². The third kappa shape index (κ3) is 7.46. The molecule has 54 heavy (non-hydrogen) atoms. The molecule has 7 aliphatic rings. The van der Waals surface area contributed by atoms with Gasteiger partial charge in [-0.05, 0) is 93.4 Å². The van der Waals surface area contributed by atoms with E-state index in [-0.39, 0.29) is 52.7 Å². The largest absolute Gasteiger partial charge is 0.490 e. The number of nitrogens with one attached hydrogen (secondary N) is 1. The summed E-state index contributed by atoms with van der Waals surface area (Å²) in [6.07, 6.45) is 15.4. The molecule has 0 radical (unpaired) electrons. The van der Waals surface area contributed by atoms with Gasteiger partial charge in [0.25, 0.3) is 11.8 Å². The summed E-state index contributed by atoms with van der Waals surface area (Å²) < 4.78 is 59.0. The first-order valence-corrected chi connectivity index (χ1v) is 21.9. The normalized spacial score (nSPS) is 39.3. The number of fused-ring (bicyclic) bond motifs is 4. The first-order valence-electron chi connectivity index (χ1n) is 20.2. The lowest BCUT2D eigenvalue weighted by Gasteiger charge is -2.53. The Morgan fingerprint density at radius 2 is 1.98 bits per heavy atom. The lowest BCUT2D eigenvalue weighted by Crippen LogP contribution is -2.62. The number of alkyl halides is 3. The number of hydrogen-bond acceptors (Lipinski definition) is 7. The van der Waals surface area contributed by atoms with Gasteiger partial charge < -0.3 is 14.4 Å². The predicted octanol–water partition coefficient (Wildman–Crippen LogP) is 7.12. The van der Waals surface area contributed by atoms with Gasteiger partial charge in [0.1, 0.15) is 22.3 Å². The molecule has 1 amide bonds. The Morgan fingerprint density at radius 1 is 1.13 bits per heavy atom. The van der Waals surface area contributed by atoms with Gasteiger partial charge >= 0.3 is 0 Å². The number of piperazine rings is 1. The topological polar surface area (TPSA) is 74.4 Å². The number of nitrogens with zero attached hydrogens (tertiary/aromatic N) is 3. The fourth-order valence-corrected chi connectivity index (χ4v) is 11.9. The molecule has 3 fully saturated rings. The van der Waals surface area contributed by atoms with Crippen molar-refractivity contribution >= 4 is 34.2 Å². The second kappa shape index (κ2) is 15.2. The van der Waals surface area contributed by atoms with Crippen LogP contribution < -0.4 is 14.4 Å². The number of rotatable bonds is 3. The standard InChI is InChI=1S/C42H57ClF2N4O4S/c1-28-6-4-15-41(52-3,26-47-18-19-48-17-16-42(44,45)22-34(48)24-47)36-11-8-32(36)23-49-25-40(14-5-7-30-20-33(43)10-12-35(30)40)27-53-38-13-9-31(21-37(38)49)39(50)46-54(51)29(28)2/h4,9-10,12-13,15,21,28-29,32-34,36H,5-8,11,14,16-20,22-27H2,1-3H3,(H,46,50)/b15-4+/t28?,29?,32?,33?,34?,36?,40-,41-,54?/m0/s1. The fraction of sp³-hybridized carbons (Fsp3) is 0.690. The first-order chi connectivity index (χ1) is 25.9. The molecular formula is C42H57ClF2N4O4S. The van der Waals surface area contributed by atoms with Gasteiger partial charge in [0.2, 0.25) is 0 Å². The number of piperidine rings is 1. The summed E-state index contributed by atoms with van der Waals surface area (Å²) in [7, 11) is 0.215. The molecule has 2 bridgehead atoms. The Bertz CT molecular complexity index is 1720. The maximum Gasteiger partial charge on any atom is 0.263 e. The molecule has 1 saturated carbocycles. The van der Waals surface area contributed by atoms with Crippen molar-refractivity contribution in [1.82, 2.24) is 14.5 Å². The van der Waals surface area contributed by atoms with Crippen LogP contribution in [0.2, 0.25) is 0 Å². The van der Waals surface area contributed by atoms with Gasteiger partial charge in [-0.1, -0.05) is 36.8 Å². The summed E-state index contributed by atoms with van der Waals surface area (Å²) in [5.74, 6) is -1.69. The molecular weight excluding hydrogens is 730 g/mol. The summed E-state index contributed by atoms with van der Waals surface area (Å²) >= 11 is 6.64. The molecule has 1 aromatic carbocycles. The molecule has 296 valence electrons. The number of amides is 1. The van der Waals surface area contributed by atoms with E-state index in [0.29, 0.717) is 44.1 Å². The monoisotopic (exact) mass is 786 g/mol. The molecule has 1 aromatic rings. The summed E-state index contributed by atoms with van der Waals surface area (Å²) in [6, 6.07) is 5.47. The zero-order valence-corrected chi connectivity index (χ0v) is 33.6. The van der Waals surface area contributed by atoms with Gasteiger partial charge in [-0.3, -0.25) is 19.3 Å². The van der Waals surface area contributed by atoms with E-state index in [1.165, 1.54) is 11.1 Å². The van der Waals surface area contributed by atoms with Crippen LogP contribution >= 0.6 is 11.6 Å². The van der Waals surface area contributed by atoms with Crippen LogP contribution in [-0.2, 0) is 15.7 Å². The van der Waals surface area contributed by atoms with Gasteiger partial charge in [0.05, 0.1) is 22.9 Å². The zero-order valence-electron chi connectivity index (χ0n) is 32.0. The van der Waals surface area contributed by atoms with E-state index in [1.54, 1.807) is 6.07 Å². The number of benzene rings is 1. The highest BCUT2D eigenvalue weighted by Crippen LogP contribution is 2.52. The van der Waals surface area contributed by atoms with Crippen molar-refractivity contribution < 1.29 is 27.3 Å². The molecule has 9 atom stereocenters. The van der Waals surface area contributed by atoms with Crippen LogP contribution in [0.1, 0.15) is 82.0 Å². The Morgan fingerprint density at radius 3 is 2.78 bits per heavy atom. The van der Waals surface area contributed by atoms with E-state index in [9.17, 15) is 17.8 Å². The molecule has 1 spiro atoms. The average molecular weight is 787 g/mol. The lowest BCUT2D eigenvalue weighted by molar-refractivity contribution is -0.119. The van der Waals surface area contributed by atoms with Crippen LogP contribution in [0.25, 0.3) is 0 Å². The second-order valence-electron chi connectivity index (χ2n) is 17.5. The van der Waals surface area contributed by atoms with Crippen LogP contribution in [-0.4, -0.2) is 108 Å². The molecule has 2 saturated heterocycles. The van der Waals surface area contributed by atoms with Crippen molar-refractivity contribution in [3.8, 4) is 5.75 Å². The van der Waals surface area contributed by atoms with Crippen molar-refractivity contribution in [1.29, 1.82) is 0 Å². The Balaban J connectivity index is 1.16. The lowest BCUT2D eigenvalue weighted by atomic mass is 9.63. The van der Waals surface area contributed by atoms with Crippen molar-refractivity contribution in [2.45, 2.75) is 99.8 Å². The van der Waals surface area contributed by atoms with Crippen LogP contribution in [0.5, 0.6) is 5.75 Å². The SMILES string of the molecule is CO[C@]1(CN2CCN3CCC(F)(F)CC3C2)/C=C/CC(C)C(C)S(=O)NC(=O)c2ccc3c(c2)N(CC2CCC21)C[C@@]1(CCCC2=C1C=CC(Cl)C2)CO3. The molecule has 3 aliphatic carbocycles. The highest BCUT2D eigenvalue weighted by atomic mass is 35.5. The Kier molecular flexibility index (Phi) is 10.9. The van der Waals surface area contributed by atoms with Crippen LogP contribution in [0.3, 0.4) is 0 Å². The summed E-state index contributed by atoms with van der Waals surface area (Å²) in [5.41, 5.74) is 3.29.